The van der Waals surface area contributed by atoms with Crippen molar-refractivity contribution in [2.45, 2.75) is 59.0 Å². The minimum absolute atomic E-state index is 0.449. The molecule has 1 heterocycles. The Hall–Kier alpha value is -0.0800. The second kappa shape index (κ2) is 8.08. The first-order valence-electron chi connectivity index (χ1n) is 7.10. The van der Waals surface area contributed by atoms with Crippen molar-refractivity contribution in [1.82, 2.24) is 5.32 Å². The molecule has 0 aromatic carbocycles. The Morgan fingerprint density at radius 3 is 2.81 bits per heavy atom. The number of hydrogen-bond donors (Lipinski definition) is 1. The highest BCUT2D eigenvalue weighted by molar-refractivity contribution is 4.75. The van der Waals surface area contributed by atoms with Crippen LogP contribution in [0.15, 0.2) is 0 Å². The summed E-state index contributed by atoms with van der Waals surface area (Å²) in [4.78, 5) is 0. The summed E-state index contributed by atoms with van der Waals surface area (Å²) in [6, 6.07) is 0. The largest absolute Gasteiger partial charge is 0.376 e. The summed E-state index contributed by atoms with van der Waals surface area (Å²) in [5.74, 6) is 1.50. The molecule has 3 unspecified atom stereocenters. The average Bonchev–Trinajstić information content (AvgIpc) is 2.31. The molecule has 1 N–H and O–H groups in total. The van der Waals surface area contributed by atoms with E-state index >= 15 is 0 Å². The molecule has 0 saturated carbocycles. The predicted molar refractivity (Wildman–Crippen MR) is 69.7 cm³/mol. The Balaban J connectivity index is 2.19. The van der Waals surface area contributed by atoms with Gasteiger partial charge in [0.05, 0.1) is 6.10 Å². The van der Waals surface area contributed by atoms with Gasteiger partial charge in [0.2, 0.25) is 0 Å². The zero-order valence-electron chi connectivity index (χ0n) is 11.3. The van der Waals surface area contributed by atoms with E-state index in [2.05, 4.69) is 26.1 Å². The molecule has 16 heavy (non-hydrogen) atoms. The summed E-state index contributed by atoms with van der Waals surface area (Å²) in [7, 11) is 0. The van der Waals surface area contributed by atoms with Crippen LogP contribution < -0.4 is 5.32 Å². The van der Waals surface area contributed by atoms with E-state index in [-0.39, 0.29) is 0 Å². The van der Waals surface area contributed by atoms with Gasteiger partial charge in [-0.2, -0.15) is 0 Å². The topological polar surface area (TPSA) is 21.3 Å². The van der Waals surface area contributed by atoms with Gasteiger partial charge in [-0.1, -0.05) is 40.0 Å². The van der Waals surface area contributed by atoms with Gasteiger partial charge in [-0.3, -0.25) is 0 Å². The summed E-state index contributed by atoms with van der Waals surface area (Å²) in [5, 5.41) is 3.43. The molecule has 0 spiro atoms. The first-order chi connectivity index (χ1) is 7.77. The SMILES string of the molecule is CCCCC(CC)COC1CNCCC1C. The number of piperidine rings is 1. The quantitative estimate of drug-likeness (QED) is 0.721. The molecule has 0 radical (unpaired) electrons. The van der Waals surface area contributed by atoms with Crippen LogP contribution in [0, 0.1) is 11.8 Å². The normalized spacial score (nSPS) is 27.9. The maximum atomic E-state index is 6.08. The minimum atomic E-state index is 0.449. The Morgan fingerprint density at radius 1 is 1.38 bits per heavy atom. The Labute approximate surface area is 101 Å². The highest BCUT2D eigenvalue weighted by Gasteiger charge is 2.22. The molecule has 0 aromatic rings. The van der Waals surface area contributed by atoms with Crippen molar-refractivity contribution in [3.63, 3.8) is 0 Å². The molecule has 0 amide bonds. The first-order valence-corrected chi connectivity index (χ1v) is 7.10. The first kappa shape index (κ1) is 14.0. The van der Waals surface area contributed by atoms with E-state index < -0.39 is 0 Å². The number of nitrogens with one attached hydrogen (secondary N) is 1. The summed E-state index contributed by atoms with van der Waals surface area (Å²) in [6.45, 7) is 10.0. The molecule has 0 aromatic heterocycles. The molecule has 3 atom stereocenters. The lowest BCUT2D eigenvalue weighted by Crippen LogP contribution is -2.41. The maximum absolute atomic E-state index is 6.08. The standard InChI is InChI=1S/C14H29NO/c1-4-6-7-13(5-2)11-16-14-10-15-9-8-12(14)3/h12-15H,4-11H2,1-3H3. The van der Waals surface area contributed by atoms with Crippen molar-refractivity contribution in [2.24, 2.45) is 11.8 Å². The van der Waals surface area contributed by atoms with Crippen LogP contribution in [-0.4, -0.2) is 25.8 Å². The molecule has 2 heteroatoms. The molecule has 0 aliphatic carbocycles. The predicted octanol–water partition coefficient (Wildman–Crippen LogP) is 3.22. The van der Waals surface area contributed by atoms with E-state index in [9.17, 15) is 0 Å². The van der Waals surface area contributed by atoms with Gasteiger partial charge in [0.15, 0.2) is 0 Å². The van der Waals surface area contributed by atoms with Crippen LogP contribution in [-0.2, 0) is 4.74 Å². The van der Waals surface area contributed by atoms with E-state index in [4.69, 9.17) is 4.74 Å². The van der Waals surface area contributed by atoms with E-state index in [1.807, 2.05) is 0 Å². The Bertz CT molecular complexity index is 172. The molecule has 1 saturated heterocycles. The Morgan fingerprint density at radius 2 is 2.19 bits per heavy atom. The molecular formula is C14H29NO. The lowest BCUT2D eigenvalue weighted by molar-refractivity contribution is -0.0156. The maximum Gasteiger partial charge on any atom is 0.0725 e. The molecule has 1 aliphatic heterocycles. The molecule has 2 nitrogen and oxygen atoms in total. The second-order valence-corrected chi connectivity index (χ2v) is 5.26. The molecule has 0 bridgehead atoms. The van der Waals surface area contributed by atoms with E-state index in [1.54, 1.807) is 0 Å². The third-order valence-electron chi connectivity index (χ3n) is 3.85. The van der Waals surface area contributed by atoms with Crippen molar-refractivity contribution in [3.8, 4) is 0 Å². The summed E-state index contributed by atoms with van der Waals surface area (Å²) >= 11 is 0. The molecular weight excluding hydrogens is 198 g/mol. The molecule has 1 rings (SSSR count). The number of rotatable bonds is 7. The van der Waals surface area contributed by atoms with Gasteiger partial charge in [0.1, 0.15) is 0 Å². The van der Waals surface area contributed by atoms with Crippen molar-refractivity contribution in [1.29, 1.82) is 0 Å². The zero-order valence-corrected chi connectivity index (χ0v) is 11.3. The molecule has 1 fully saturated rings. The molecule has 96 valence electrons. The fourth-order valence-corrected chi connectivity index (χ4v) is 2.34. The van der Waals surface area contributed by atoms with Gasteiger partial charge in [-0.25, -0.2) is 0 Å². The number of hydrogen-bond acceptors (Lipinski definition) is 2. The zero-order chi connectivity index (χ0) is 11.8. The van der Waals surface area contributed by atoms with Crippen LogP contribution in [0.1, 0.15) is 52.9 Å². The highest BCUT2D eigenvalue weighted by atomic mass is 16.5. The van der Waals surface area contributed by atoms with Crippen molar-refractivity contribution in [2.75, 3.05) is 19.7 Å². The minimum Gasteiger partial charge on any atom is -0.376 e. The third-order valence-corrected chi connectivity index (χ3v) is 3.85. The third kappa shape index (κ3) is 4.84. The lowest BCUT2D eigenvalue weighted by Gasteiger charge is -2.30. The van der Waals surface area contributed by atoms with Gasteiger partial charge in [0.25, 0.3) is 0 Å². The highest BCUT2D eigenvalue weighted by Crippen LogP contribution is 2.18. The fraction of sp³-hybridized carbons (Fsp3) is 1.00. The van der Waals surface area contributed by atoms with Crippen LogP contribution >= 0.6 is 0 Å². The second-order valence-electron chi connectivity index (χ2n) is 5.26. The molecule has 1 aliphatic rings. The van der Waals surface area contributed by atoms with Crippen LogP contribution in [0.25, 0.3) is 0 Å². The van der Waals surface area contributed by atoms with E-state index in [0.717, 1.165) is 31.5 Å². The summed E-state index contributed by atoms with van der Waals surface area (Å²) in [6.07, 6.45) is 6.95. The monoisotopic (exact) mass is 227 g/mol. The van der Waals surface area contributed by atoms with Gasteiger partial charge in [-0.05, 0) is 31.2 Å². The summed E-state index contributed by atoms with van der Waals surface area (Å²) < 4.78 is 6.08. The van der Waals surface area contributed by atoms with Crippen LogP contribution in [0.3, 0.4) is 0 Å². The van der Waals surface area contributed by atoms with Crippen molar-refractivity contribution < 1.29 is 4.74 Å². The van der Waals surface area contributed by atoms with Gasteiger partial charge < -0.3 is 10.1 Å². The lowest BCUT2D eigenvalue weighted by atomic mass is 9.96. The van der Waals surface area contributed by atoms with Gasteiger partial charge in [-0.15, -0.1) is 0 Å². The van der Waals surface area contributed by atoms with Crippen molar-refractivity contribution >= 4 is 0 Å². The van der Waals surface area contributed by atoms with Crippen LogP contribution in [0.2, 0.25) is 0 Å². The van der Waals surface area contributed by atoms with E-state index in [0.29, 0.717) is 6.10 Å². The van der Waals surface area contributed by atoms with Gasteiger partial charge >= 0.3 is 0 Å². The van der Waals surface area contributed by atoms with Crippen molar-refractivity contribution in [3.05, 3.63) is 0 Å². The average molecular weight is 227 g/mol. The van der Waals surface area contributed by atoms with E-state index in [1.165, 1.54) is 32.1 Å². The number of unbranched alkanes of at least 4 members (excludes halogenated alkanes) is 1. The number of ether oxygens (including phenoxy) is 1. The summed E-state index contributed by atoms with van der Waals surface area (Å²) in [5.41, 5.74) is 0. The smallest absolute Gasteiger partial charge is 0.0725 e. The Kier molecular flexibility index (Phi) is 7.06. The fourth-order valence-electron chi connectivity index (χ4n) is 2.34. The van der Waals surface area contributed by atoms with Crippen LogP contribution in [0.4, 0.5) is 0 Å². The van der Waals surface area contributed by atoms with Gasteiger partial charge in [0, 0.05) is 13.2 Å². The van der Waals surface area contributed by atoms with Crippen LogP contribution in [0.5, 0.6) is 0 Å².